The van der Waals surface area contributed by atoms with Crippen molar-refractivity contribution in [2.45, 2.75) is 0 Å². The van der Waals surface area contributed by atoms with E-state index in [1.165, 1.54) is 6.07 Å². The Morgan fingerprint density at radius 3 is 2.79 bits per heavy atom. The van der Waals surface area contributed by atoms with Crippen molar-refractivity contribution in [1.29, 1.82) is 0 Å². The maximum absolute atomic E-state index is 13.7. The Kier molecular flexibility index (Phi) is 2.52. The molecule has 0 spiro atoms. The molecule has 0 aliphatic rings. The number of hydrogen-bond acceptors (Lipinski definition) is 2. The van der Waals surface area contributed by atoms with Crippen LogP contribution in [0.25, 0.3) is 16.9 Å². The molecule has 0 aliphatic heterocycles. The van der Waals surface area contributed by atoms with Crippen molar-refractivity contribution in [3.8, 4) is 11.3 Å². The smallest absolute Gasteiger partial charge is 0.339 e. The zero-order valence-electron chi connectivity index (χ0n) is 9.75. The fourth-order valence-corrected chi connectivity index (χ4v) is 2.12. The van der Waals surface area contributed by atoms with Crippen molar-refractivity contribution in [2.75, 3.05) is 0 Å². The van der Waals surface area contributed by atoms with Gasteiger partial charge >= 0.3 is 5.97 Å². The summed E-state index contributed by atoms with van der Waals surface area (Å²) in [6.07, 6.45) is 3.32. The quantitative estimate of drug-likeness (QED) is 0.767. The Bertz CT molecular complexity index is 780. The van der Waals surface area contributed by atoms with Gasteiger partial charge in [-0.25, -0.2) is 14.2 Å². The molecule has 0 bridgehead atoms. The Labute approximate surface area is 107 Å². The van der Waals surface area contributed by atoms with Crippen molar-refractivity contribution >= 4 is 11.6 Å². The first-order valence-electron chi connectivity index (χ1n) is 5.63. The van der Waals surface area contributed by atoms with Crippen LogP contribution in [0.15, 0.2) is 48.8 Å². The predicted molar refractivity (Wildman–Crippen MR) is 67.5 cm³/mol. The molecule has 0 aliphatic carbocycles. The van der Waals surface area contributed by atoms with Crippen LogP contribution in [-0.4, -0.2) is 20.5 Å². The highest BCUT2D eigenvalue weighted by Gasteiger charge is 2.18. The van der Waals surface area contributed by atoms with E-state index in [9.17, 15) is 9.18 Å². The second kappa shape index (κ2) is 4.20. The van der Waals surface area contributed by atoms with E-state index in [0.717, 1.165) is 6.07 Å². The van der Waals surface area contributed by atoms with Gasteiger partial charge < -0.3 is 5.11 Å². The summed E-state index contributed by atoms with van der Waals surface area (Å²) >= 11 is 0. The number of aromatic nitrogens is 2. The zero-order valence-corrected chi connectivity index (χ0v) is 9.75. The van der Waals surface area contributed by atoms with Crippen LogP contribution in [0.1, 0.15) is 10.4 Å². The Morgan fingerprint density at radius 1 is 1.21 bits per heavy atom. The number of fused-ring (bicyclic) bond motifs is 1. The summed E-state index contributed by atoms with van der Waals surface area (Å²) in [4.78, 5) is 15.3. The average molecular weight is 256 g/mol. The van der Waals surface area contributed by atoms with Crippen LogP contribution in [0.3, 0.4) is 0 Å². The molecule has 4 nitrogen and oxygen atoms in total. The van der Waals surface area contributed by atoms with Crippen LogP contribution in [0.5, 0.6) is 0 Å². The van der Waals surface area contributed by atoms with E-state index in [-0.39, 0.29) is 5.56 Å². The molecule has 5 heteroatoms. The number of nitrogens with zero attached hydrogens (tertiary/aromatic N) is 2. The molecule has 0 atom stereocenters. The van der Waals surface area contributed by atoms with Gasteiger partial charge in [0.25, 0.3) is 0 Å². The molecular weight excluding hydrogens is 247 g/mol. The molecule has 0 saturated heterocycles. The second-order valence-corrected chi connectivity index (χ2v) is 4.03. The molecule has 94 valence electrons. The van der Waals surface area contributed by atoms with E-state index in [0.29, 0.717) is 16.9 Å². The summed E-state index contributed by atoms with van der Waals surface area (Å²) in [6, 6.07) is 9.50. The number of aromatic carboxylic acids is 1. The molecule has 1 N–H and O–H groups in total. The van der Waals surface area contributed by atoms with Crippen LogP contribution in [0.4, 0.5) is 4.39 Å². The highest BCUT2D eigenvalue weighted by molar-refractivity contribution is 5.96. The predicted octanol–water partition coefficient (Wildman–Crippen LogP) is 2.84. The summed E-state index contributed by atoms with van der Waals surface area (Å²) in [5.41, 5.74) is 1.27. The molecule has 0 radical (unpaired) electrons. The standard InChI is InChI=1S/C14H9FN2O2/c15-10-4-1-3-9(13(10)14(18)19)11-5-2-6-12-16-7-8-17(11)12/h1-8H,(H,18,19). The summed E-state index contributed by atoms with van der Waals surface area (Å²) in [5, 5.41) is 9.17. The maximum atomic E-state index is 13.7. The van der Waals surface area contributed by atoms with Crippen LogP contribution in [0, 0.1) is 5.82 Å². The van der Waals surface area contributed by atoms with Gasteiger partial charge in [-0.1, -0.05) is 18.2 Å². The van der Waals surface area contributed by atoms with Crippen LogP contribution < -0.4 is 0 Å². The number of carboxylic acid groups (broad SMARTS) is 1. The van der Waals surface area contributed by atoms with Gasteiger partial charge in [0, 0.05) is 18.0 Å². The first-order valence-corrected chi connectivity index (χ1v) is 5.63. The van der Waals surface area contributed by atoms with Gasteiger partial charge in [0.2, 0.25) is 0 Å². The molecule has 19 heavy (non-hydrogen) atoms. The topological polar surface area (TPSA) is 54.6 Å². The summed E-state index contributed by atoms with van der Waals surface area (Å²) in [6.45, 7) is 0. The number of pyridine rings is 1. The Morgan fingerprint density at radius 2 is 2.00 bits per heavy atom. The molecule has 2 aromatic heterocycles. The molecule has 3 aromatic rings. The third-order valence-electron chi connectivity index (χ3n) is 2.93. The van der Waals surface area contributed by atoms with Crippen molar-refractivity contribution in [3.63, 3.8) is 0 Å². The third kappa shape index (κ3) is 1.76. The molecular formula is C14H9FN2O2. The van der Waals surface area contributed by atoms with Crippen molar-refractivity contribution in [3.05, 3.63) is 60.2 Å². The Hall–Kier alpha value is -2.69. The van der Waals surface area contributed by atoms with Gasteiger partial charge in [0.15, 0.2) is 0 Å². The molecule has 0 saturated carbocycles. The van der Waals surface area contributed by atoms with E-state index >= 15 is 0 Å². The monoisotopic (exact) mass is 256 g/mol. The fourth-order valence-electron chi connectivity index (χ4n) is 2.12. The first-order chi connectivity index (χ1) is 9.18. The lowest BCUT2D eigenvalue weighted by molar-refractivity contribution is 0.0693. The largest absolute Gasteiger partial charge is 0.478 e. The lowest BCUT2D eigenvalue weighted by atomic mass is 10.0. The van der Waals surface area contributed by atoms with Crippen molar-refractivity contribution in [1.82, 2.24) is 9.38 Å². The number of carbonyl (C=O) groups is 1. The van der Waals surface area contributed by atoms with Crippen molar-refractivity contribution < 1.29 is 14.3 Å². The number of imidazole rings is 1. The van der Waals surface area contributed by atoms with E-state index in [2.05, 4.69) is 4.98 Å². The third-order valence-corrected chi connectivity index (χ3v) is 2.93. The first kappa shape index (κ1) is 11.4. The number of carboxylic acids is 1. The molecule has 0 unspecified atom stereocenters. The van der Waals surface area contributed by atoms with E-state index in [4.69, 9.17) is 5.11 Å². The average Bonchev–Trinajstić information content (AvgIpc) is 2.85. The highest BCUT2D eigenvalue weighted by atomic mass is 19.1. The zero-order chi connectivity index (χ0) is 13.4. The lowest BCUT2D eigenvalue weighted by Gasteiger charge is -2.09. The van der Waals surface area contributed by atoms with Gasteiger partial charge in [0.1, 0.15) is 17.0 Å². The molecule has 3 rings (SSSR count). The van der Waals surface area contributed by atoms with Crippen LogP contribution in [0.2, 0.25) is 0 Å². The van der Waals surface area contributed by atoms with Gasteiger partial charge in [-0.3, -0.25) is 4.40 Å². The van der Waals surface area contributed by atoms with Gasteiger partial charge in [-0.15, -0.1) is 0 Å². The number of hydrogen-bond donors (Lipinski definition) is 1. The lowest BCUT2D eigenvalue weighted by Crippen LogP contribution is -2.05. The minimum absolute atomic E-state index is 0.330. The minimum Gasteiger partial charge on any atom is -0.478 e. The van der Waals surface area contributed by atoms with E-state index in [1.807, 2.05) is 0 Å². The van der Waals surface area contributed by atoms with Crippen LogP contribution in [-0.2, 0) is 0 Å². The number of benzene rings is 1. The van der Waals surface area contributed by atoms with Crippen LogP contribution >= 0.6 is 0 Å². The highest BCUT2D eigenvalue weighted by Crippen LogP contribution is 2.26. The second-order valence-electron chi connectivity index (χ2n) is 4.03. The van der Waals surface area contributed by atoms with Gasteiger partial charge in [-0.2, -0.15) is 0 Å². The van der Waals surface area contributed by atoms with Crippen molar-refractivity contribution in [2.24, 2.45) is 0 Å². The summed E-state index contributed by atoms with van der Waals surface area (Å²) < 4.78 is 15.4. The number of halogens is 1. The summed E-state index contributed by atoms with van der Waals surface area (Å²) in [7, 11) is 0. The molecule has 0 amide bonds. The van der Waals surface area contributed by atoms with E-state index in [1.54, 1.807) is 41.1 Å². The summed E-state index contributed by atoms with van der Waals surface area (Å²) in [5.74, 6) is -2.03. The maximum Gasteiger partial charge on any atom is 0.339 e. The Balaban J connectivity index is 2.36. The number of rotatable bonds is 2. The fraction of sp³-hybridized carbons (Fsp3) is 0. The molecule has 2 heterocycles. The van der Waals surface area contributed by atoms with Gasteiger partial charge in [0.05, 0.1) is 5.69 Å². The minimum atomic E-state index is -1.29. The molecule has 0 fully saturated rings. The normalized spacial score (nSPS) is 10.8. The van der Waals surface area contributed by atoms with Gasteiger partial charge in [-0.05, 0) is 18.2 Å². The molecule has 1 aromatic carbocycles. The SMILES string of the molecule is O=C(O)c1c(F)cccc1-c1cccc2nccn12. The van der Waals surface area contributed by atoms with E-state index < -0.39 is 11.8 Å².